The quantitative estimate of drug-likeness (QED) is 0.834. The molecule has 1 amide bonds. The molecule has 2 aromatic rings. The number of carbonyl (C=O) groups is 1. The van der Waals surface area contributed by atoms with Gasteiger partial charge in [-0.15, -0.1) is 0 Å². The van der Waals surface area contributed by atoms with E-state index >= 15 is 0 Å². The lowest BCUT2D eigenvalue weighted by molar-refractivity contribution is -0.127. The zero-order chi connectivity index (χ0) is 18.9. The molecule has 0 unspecified atom stereocenters. The Bertz CT molecular complexity index is 950. The van der Waals surface area contributed by atoms with Gasteiger partial charge in [-0.1, -0.05) is 41.4 Å². The summed E-state index contributed by atoms with van der Waals surface area (Å²) in [6.45, 7) is 0.0747. The molecule has 3 rings (SSSR count). The summed E-state index contributed by atoms with van der Waals surface area (Å²) in [6, 6.07) is 11.7. The Morgan fingerprint density at radius 3 is 2.69 bits per heavy atom. The largest absolute Gasteiger partial charge is 0.476 e. The van der Waals surface area contributed by atoms with E-state index in [1.54, 1.807) is 42.5 Å². The summed E-state index contributed by atoms with van der Waals surface area (Å²) in [7, 11) is -3.55. The predicted octanol–water partition coefficient (Wildman–Crippen LogP) is 2.84. The lowest BCUT2D eigenvalue weighted by Gasteiger charge is -2.33. The van der Waals surface area contributed by atoms with E-state index in [1.807, 2.05) is 0 Å². The monoisotopic (exact) mass is 414 g/mol. The smallest absolute Gasteiger partial charge is 0.263 e. The van der Waals surface area contributed by atoms with E-state index in [4.69, 9.17) is 27.9 Å². The molecule has 0 spiro atoms. The molecule has 0 fully saturated rings. The van der Waals surface area contributed by atoms with Gasteiger partial charge in [0.25, 0.3) is 5.91 Å². The molecular weight excluding hydrogens is 399 g/mol. The fraction of sp³-hybridized carbons (Fsp3) is 0.235. The van der Waals surface area contributed by atoms with Crippen LogP contribution in [0.4, 0.5) is 5.69 Å². The molecule has 0 radical (unpaired) electrons. The van der Waals surface area contributed by atoms with Crippen LogP contribution in [0.1, 0.15) is 5.56 Å². The summed E-state index contributed by atoms with van der Waals surface area (Å²) >= 11 is 11.9. The molecule has 1 aliphatic heterocycles. The molecule has 0 aromatic heterocycles. The van der Waals surface area contributed by atoms with Gasteiger partial charge in [-0.25, -0.2) is 8.42 Å². The fourth-order valence-corrected chi connectivity index (χ4v) is 4.00. The van der Waals surface area contributed by atoms with Crippen molar-refractivity contribution in [2.24, 2.45) is 0 Å². The van der Waals surface area contributed by atoms with Gasteiger partial charge in [-0.2, -0.15) is 0 Å². The summed E-state index contributed by atoms with van der Waals surface area (Å²) in [5.74, 6) is -0.0898. The fourth-order valence-electron chi connectivity index (χ4n) is 2.61. The van der Waals surface area contributed by atoms with Crippen molar-refractivity contribution in [1.82, 2.24) is 5.32 Å². The van der Waals surface area contributed by atoms with E-state index in [9.17, 15) is 13.2 Å². The van der Waals surface area contributed by atoms with Gasteiger partial charge in [0.1, 0.15) is 5.75 Å². The lowest BCUT2D eigenvalue weighted by Crippen LogP contribution is -2.50. The number of sulfonamides is 1. The number of ether oxygens (including phenoxy) is 1. The van der Waals surface area contributed by atoms with Crippen molar-refractivity contribution in [2.75, 3.05) is 17.1 Å². The Labute approximate surface area is 161 Å². The number of hydrogen-bond donors (Lipinski definition) is 1. The average molecular weight is 415 g/mol. The SMILES string of the molecule is CS(=O)(=O)N1C[C@H](C(=O)NCc2ccc(Cl)cc2Cl)Oc2ccccc21. The third-order valence-corrected chi connectivity index (χ3v) is 5.63. The molecule has 6 nitrogen and oxygen atoms in total. The zero-order valence-corrected chi connectivity index (χ0v) is 16.1. The van der Waals surface area contributed by atoms with Crippen LogP contribution in [-0.4, -0.2) is 33.2 Å². The maximum atomic E-state index is 12.5. The Hall–Kier alpha value is -1.96. The van der Waals surface area contributed by atoms with Gasteiger partial charge in [0.15, 0.2) is 6.10 Å². The van der Waals surface area contributed by atoms with Crippen LogP contribution in [0.25, 0.3) is 0 Å². The van der Waals surface area contributed by atoms with Crippen LogP contribution in [0, 0.1) is 0 Å². The minimum absolute atomic E-state index is 0.101. The van der Waals surface area contributed by atoms with E-state index in [-0.39, 0.29) is 13.1 Å². The molecule has 0 bridgehead atoms. The molecule has 1 aliphatic rings. The molecule has 0 saturated carbocycles. The standard InChI is InChI=1S/C17H16Cl2N2O4S/c1-26(23,24)21-10-16(25-15-5-3-2-4-14(15)21)17(22)20-9-11-6-7-12(18)8-13(11)19/h2-8,16H,9-10H2,1H3,(H,20,22)/t16-/m1/s1. The first kappa shape index (κ1) is 18.8. The van der Waals surface area contributed by atoms with E-state index in [0.29, 0.717) is 27.0 Å². The topological polar surface area (TPSA) is 75.7 Å². The normalized spacial score (nSPS) is 16.6. The summed E-state index contributed by atoms with van der Waals surface area (Å²) in [6.07, 6.45) is 0.128. The molecule has 1 atom stereocenters. The maximum absolute atomic E-state index is 12.5. The Balaban J connectivity index is 1.76. The number of nitrogens with zero attached hydrogens (tertiary/aromatic N) is 1. The van der Waals surface area contributed by atoms with Gasteiger partial charge in [0, 0.05) is 16.6 Å². The van der Waals surface area contributed by atoms with Gasteiger partial charge in [-0.3, -0.25) is 9.10 Å². The van der Waals surface area contributed by atoms with Crippen molar-refractivity contribution in [3.05, 3.63) is 58.1 Å². The Morgan fingerprint density at radius 2 is 2.00 bits per heavy atom. The number of halogens is 2. The average Bonchev–Trinajstić information content (AvgIpc) is 2.59. The first-order valence-electron chi connectivity index (χ1n) is 7.71. The van der Waals surface area contributed by atoms with Crippen molar-refractivity contribution in [3.63, 3.8) is 0 Å². The molecule has 1 N–H and O–H groups in total. The number of hydrogen-bond acceptors (Lipinski definition) is 4. The van der Waals surface area contributed by atoms with Gasteiger partial charge in [0.05, 0.1) is 18.5 Å². The third kappa shape index (κ3) is 4.06. The number of nitrogens with one attached hydrogen (secondary N) is 1. The molecular formula is C17H16Cl2N2O4S. The summed E-state index contributed by atoms with van der Waals surface area (Å²) < 4.78 is 31.0. The molecule has 26 heavy (non-hydrogen) atoms. The second-order valence-electron chi connectivity index (χ2n) is 5.82. The van der Waals surface area contributed by atoms with Crippen molar-refractivity contribution in [2.45, 2.75) is 12.6 Å². The van der Waals surface area contributed by atoms with E-state index in [2.05, 4.69) is 5.32 Å². The van der Waals surface area contributed by atoms with Gasteiger partial charge >= 0.3 is 0 Å². The molecule has 2 aromatic carbocycles. The Kier molecular flexibility index (Phi) is 5.32. The molecule has 138 valence electrons. The van der Waals surface area contributed by atoms with Crippen molar-refractivity contribution in [1.29, 1.82) is 0 Å². The van der Waals surface area contributed by atoms with E-state index < -0.39 is 22.0 Å². The van der Waals surface area contributed by atoms with Crippen LogP contribution in [0.2, 0.25) is 10.0 Å². The minimum Gasteiger partial charge on any atom is -0.476 e. The number of benzene rings is 2. The van der Waals surface area contributed by atoms with Gasteiger partial charge in [-0.05, 0) is 29.8 Å². The highest BCUT2D eigenvalue weighted by Gasteiger charge is 2.34. The van der Waals surface area contributed by atoms with Crippen LogP contribution in [-0.2, 0) is 21.4 Å². The van der Waals surface area contributed by atoms with Crippen molar-refractivity contribution < 1.29 is 17.9 Å². The van der Waals surface area contributed by atoms with Crippen LogP contribution in [0.5, 0.6) is 5.75 Å². The Morgan fingerprint density at radius 1 is 1.27 bits per heavy atom. The van der Waals surface area contributed by atoms with E-state index in [1.165, 1.54) is 4.31 Å². The molecule has 0 aliphatic carbocycles. The van der Waals surface area contributed by atoms with E-state index in [0.717, 1.165) is 6.26 Å². The number of para-hydroxylation sites is 2. The highest BCUT2D eigenvalue weighted by molar-refractivity contribution is 7.92. The molecule has 0 saturated heterocycles. The number of anilines is 1. The second-order valence-corrected chi connectivity index (χ2v) is 8.57. The zero-order valence-electron chi connectivity index (χ0n) is 13.8. The second kappa shape index (κ2) is 7.34. The van der Waals surface area contributed by atoms with Crippen LogP contribution >= 0.6 is 23.2 Å². The van der Waals surface area contributed by atoms with Crippen LogP contribution in [0.15, 0.2) is 42.5 Å². The summed E-state index contributed by atoms with van der Waals surface area (Å²) in [4.78, 5) is 12.5. The van der Waals surface area contributed by atoms with Crippen LogP contribution in [0.3, 0.4) is 0 Å². The van der Waals surface area contributed by atoms with Gasteiger partial charge in [0.2, 0.25) is 10.0 Å². The van der Waals surface area contributed by atoms with Crippen molar-refractivity contribution in [3.8, 4) is 5.75 Å². The number of rotatable bonds is 4. The minimum atomic E-state index is -3.55. The lowest BCUT2D eigenvalue weighted by atomic mass is 10.2. The number of fused-ring (bicyclic) bond motifs is 1. The predicted molar refractivity (Wildman–Crippen MR) is 101 cm³/mol. The molecule has 1 heterocycles. The number of carbonyl (C=O) groups excluding carboxylic acids is 1. The first-order valence-corrected chi connectivity index (χ1v) is 10.3. The third-order valence-electron chi connectivity index (χ3n) is 3.90. The first-order chi connectivity index (χ1) is 12.3. The highest BCUT2D eigenvalue weighted by Crippen LogP contribution is 2.34. The van der Waals surface area contributed by atoms with Gasteiger partial charge < -0.3 is 10.1 Å². The summed E-state index contributed by atoms with van der Waals surface area (Å²) in [5.41, 5.74) is 1.11. The van der Waals surface area contributed by atoms with Crippen molar-refractivity contribution >= 4 is 44.8 Å². The maximum Gasteiger partial charge on any atom is 0.263 e. The number of amides is 1. The summed E-state index contributed by atoms with van der Waals surface area (Å²) in [5, 5.41) is 3.66. The molecule has 9 heteroatoms. The van der Waals surface area contributed by atoms with Crippen LogP contribution < -0.4 is 14.4 Å². The highest BCUT2D eigenvalue weighted by atomic mass is 35.5.